The molecule has 4 rings (SSSR count). The molecule has 1 fully saturated rings. The van der Waals surface area contributed by atoms with Gasteiger partial charge in [0.25, 0.3) is 0 Å². The maximum absolute atomic E-state index is 12.2. The lowest BCUT2D eigenvalue weighted by atomic mass is 9.75. The van der Waals surface area contributed by atoms with Crippen molar-refractivity contribution in [3.05, 3.63) is 35.4 Å². The van der Waals surface area contributed by atoms with Gasteiger partial charge in [-0.05, 0) is 43.2 Å². The summed E-state index contributed by atoms with van der Waals surface area (Å²) in [4.78, 5) is 18.3. The van der Waals surface area contributed by atoms with Gasteiger partial charge in [-0.3, -0.25) is 0 Å². The molecule has 0 radical (unpaired) electrons. The van der Waals surface area contributed by atoms with E-state index in [9.17, 15) is 4.79 Å². The second-order valence-electron chi connectivity index (χ2n) is 5.75. The number of hydrogen-bond donors (Lipinski definition) is 1. The van der Waals surface area contributed by atoms with Gasteiger partial charge in [-0.25, -0.2) is 4.79 Å². The summed E-state index contributed by atoms with van der Waals surface area (Å²) in [5, 5.41) is 0. The van der Waals surface area contributed by atoms with Crippen molar-refractivity contribution in [2.45, 2.75) is 43.7 Å². The van der Waals surface area contributed by atoms with Gasteiger partial charge in [0, 0.05) is 6.04 Å². The Labute approximate surface area is 112 Å². The fraction of sp³-hybridized carbons (Fsp3) is 0.467. The molecule has 0 bridgehead atoms. The van der Waals surface area contributed by atoms with Gasteiger partial charge < -0.3 is 10.6 Å². The molecule has 1 aromatic carbocycles. The van der Waals surface area contributed by atoms with Crippen LogP contribution in [0.25, 0.3) is 0 Å². The monoisotopic (exact) mass is 255 g/mol. The highest BCUT2D eigenvalue weighted by Crippen LogP contribution is 2.48. The highest BCUT2D eigenvalue weighted by Gasteiger charge is 2.55. The van der Waals surface area contributed by atoms with Crippen LogP contribution >= 0.6 is 0 Å². The van der Waals surface area contributed by atoms with Gasteiger partial charge >= 0.3 is 6.03 Å². The minimum absolute atomic E-state index is 0.142. The zero-order chi connectivity index (χ0) is 13.0. The van der Waals surface area contributed by atoms with Crippen LogP contribution in [-0.2, 0) is 12.0 Å². The second kappa shape index (κ2) is 3.59. The number of benzene rings is 1. The first-order chi connectivity index (χ1) is 9.23. The number of fused-ring (bicyclic) bond motifs is 2. The minimum atomic E-state index is -0.451. The number of nitrogens with zero attached hydrogens (tertiary/aromatic N) is 2. The van der Waals surface area contributed by atoms with E-state index in [2.05, 4.69) is 23.2 Å². The van der Waals surface area contributed by atoms with Crippen molar-refractivity contribution in [2.24, 2.45) is 10.7 Å². The van der Waals surface area contributed by atoms with Crippen LogP contribution in [0, 0.1) is 0 Å². The summed E-state index contributed by atoms with van der Waals surface area (Å²) in [7, 11) is 0. The van der Waals surface area contributed by atoms with E-state index in [1.807, 2.05) is 11.0 Å². The molecule has 2 amide bonds. The molecule has 1 aliphatic heterocycles. The molecular weight excluding hydrogens is 238 g/mol. The third-order valence-electron chi connectivity index (χ3n) is 4.62. The molecule has 2 aliphatic carbocycles. The summed E-state index contributed by atoms with van der Waals surface area (Å²) in [5.41, 5.74) is 8.25. The minimum Gasteiger partial charge on any atom is -0.385 e. The first-order valence-electron chi connectivity index (χ1n) is 7.00. The molecule has 0 aromatic heterocycles. The molecule has 1 saturated carbocycles. The molecule has 4 nitrogen and oxygen atoms in total. The van der Waals surface area contributed by atoms with Crippen molar-refractivity contribution in [1.29, 1.82) is 0 Å². The smallest absolute Gasteiger partial charge is 0.346 e. The lowest BCUT2D eigenvalue weighted by molar-refractivity contribution is 0.153. The van der Waals surface area contributed by atoms with E-state index >= 15 is 0 Å². The number of nitrogens with two attached hydrogens (primary N) is 1. The Morgan fingerprint density at radius 1 is 1.32 bits per heavy atom. The molecular formula is C15H17N3O. The van der Waals surface area contributed by atoms with Crippen LogP contribution in [0.4, 0.5) is 4.79 Å². The molecule has 1 spiro atoms. The van der Waals surface area contributed by atoms with Crippen molar-refractivity contribution in [3.8, 4) is 0 Å². The number of carbonyl (C=O) groups excluding carboxylic acids is 1. The van der Waals surface area contributed by atoms with Crippen LogP contribution in [0.3, 0.4) is 0 Å². The van der Waals surface area contributed by atoms with Crippen LogP contribution in [0.1, 0.15) is 36.8 Å². The number of amidine groups is 1. The van der Waals surface area contributed by atoms with Gasteiger partial charge in [0.15, 0.2) is 0 Å². The average molecular weight is 255 g/mol. The Morgan fingerprint density at radius 2 is 2.11 bits per heavy atom. The highest BCUT2D eigenvalue weighted by atomic mass is 16.2. The fourth-order valence-electron chi connectivity index (χ4n) is 3.66. The van der Waals surface area contributed by atoms with E-state index in [1.54, 1.807) is 0 Å². The zero-order valence-electron chi connectivity index (χ0n) is 10.8. The number of hydrogen-bond acceptors (Lipinski definition) is 2. The van der Waals surface area contributed by atoms with E-state index in [4.69, 9.17) is 5.73 Å². The number of aryl methyl sites for hydroxylation is 1. The van der Waals surface area contributed by atoms with Crippen molar-refractivity contribution in [2.75, 3.05) is 0 Å². The number of urea groups is 1. The lowest BCUT2D eigenvalue weighted by Gasteiger charge is -2.42. The SMILES string of the molecule is NC1=NC(=O)N(C2CC2)C12CCCc1ccccc12. The number of carbonyl (C=O) groups is 1. The molecule has 2 N–H and O–H groups in total. The molecule has 1 aromatic rings. The molecule has 1 unspecified atom stereocenters. The highest BCUT2D eigenvalue weighted by molar-refractivity contribution is 6.06. The number of rotatable bonds is 1. The van der Waals surface area contributed by atoms with Gasteiger partial charge in [0.1, 0.15) is 11.4 Å². The maximum Gasteiger partial charge on any atom is 0.346 e. The van der Waals surface area contributed by atoms with E-state index in [0.717, 1.165) is 32.1 Å². The molecule has 1 atom stereocenters. The van der Waals surface area contributed by atoms with Crippen molar-refractivity contribution in [1.82, 2.24) is 4.90 Å². The van der Waals surface area contributed by atoms with E-state index < -0.39 is 5.54 Å². The number of amides is 2. The van der Waals surface area contributed by atoms with Gasteiger partial charge in [-0.1, -0.05) is 24.3 Å². The topological polar surface area (TPSA) is 58.7 Å². The van der Waals surface area contributed by atoms with E-state index in [-0.39, 0.29) is 6.03 Å². The summed E-state index contributed by atoms with van der Waals surface area (Å²) in [6.45, 7) is 0. The Kier molecular flexibility index (Phi) is 2.08. The summed E-state index contributed by atoms with van der Waals surface area (Å²) in [6.07, 6.45) is 5.19. The summed E-state index contributed by atoms with van der Waals surface area (Å²) >= 11 is 0. The van der Waals surface area contributed by atoms with Crippen LogP contribution in [-0.4, -0.2) is 22.8 Å². The molecule has 0 saturated heterocycles. The molecule has 98 valence electrons. The summed E-state index contributed by atoms with van der Waals surface area (Å²) < 4.78 is 0. The van der Waals surface area contributed by atoms with Crippen LogP contribution in [0.15, 0.2) is 29.3 Å². The standard InChI is InChI=1S/C15H17N3O/c16-13-15(18(11-7-8-11)14(19)17-13)9-3-5-10-4-1-2-6-12(10)15/h1-2,4,6,11H,3,5,7-9H2,(H2,16,17,19). The van der Waals surface area contributed by atoms with Crippen LogP contribution in [0.5, 0.6) is 0 Å². The fourth-order valence-corrected chi connectivity index (χ4v) is 3.66. The second-order valence-corrected chi connectivity index (χ2v) is 5.75. The van der Waals surface area contributed by atoms with Gasteiger partial charge in [0.05, 0.1) is 0 Å². The van der Waals surface area contributed by atoms with E-state index in [0.29, 0.717) is 11.9 Å². The maximum atomic E-state index is 12.2. The van der Waals surface area contributed by atoms with Crippen molar-refractivity contribution in [3.63, 3.8) is 0 Å². The van der Waals surface area contributed by atoms with Gasteiger partial charge in [-0.2, -0.15) is 4.99 Å². The van der Waals surface area contributed by atoms with Crippen molar-refractivity contribution >= 4 is 11.9 Å². The van der Waals surface area contributed by atoms with Gasteiger partial charge in [0.2, 0.25) is 0 Å². The largest absolute Gasteiger partial charge is 0.385 e. The predicted octanol–water partition coefficient (Wildman–Crippen LogP) is 2.17. The third kappa shape index (κ3) is 1.34. The molecule has 4 heteroatoms. The Morgan fingerprint density at radius 3 is 2.89 bits per heavy atom. The molecule has 3 aliphatic rings. The Hall–Kier alpha value is -1.84. The average Bonchev–Trinajstić information content (AvgIpc) is 3.20. The first kappa shape index (κ1) is 11.0. The summed E-state index contributed by atoms with van der Waals surface area (Å²) in [6, 6.07) is 8.55. The van der Waals surface area contributed by atoms with Crippen LogP contribution in [0.2, 0.25) is 0 Å². The van der Waals surface area contributed by atoms with Crippen molar-refractivity contribution < 1.29 is 4.79 Å². The quantitative estimate of drug-likeness (QED) is 0.836. The van der Waals surface area contributed by atoms with E-state index in [1.165, 1.54) is 11.1 Å². The molecule has 1 heterocycles. The third-order valence-corrected chi connectivity index (χ3v) is 4.62. The Balaban J connectivity index is 1.93. The molecule has 19 heavy (non-hydrogen) atoms. The van der Waals surface area contributed by atoms with Gasteiger partial charge in [-0.15, -0.1) is 0 Å². The zero-order valence-corrected chi connectivity index (χ0v) is 10.8. The first-order valence-corrected chi connectivity index (χ1v) is 7.00. The van der Waals surface area contributed by atoms with Crippen LogP contribution < -0.4 is 5.73 Å². The normalized spacial score (nSPS) is 29.6. The lowest BCUT2D eigenvalue weighted by Crippen LogP contribution is -2.54. The Bertz CT molecular complexity index is 591. The number of aliphatic imine (C=N–C) groups is 1. The summed E-state index contributed by atoms with van der Waals surface area (Å²) in [5.74, 6) is 0.497. The predicted molar refractivity (Wildman–Crippen MR) is 72.9 cm³/mol.